The predicted octanol–water partition coefficient (Wildman–Crippen LogP) is 4.21. The van der Waals surface area contributed by atoms with Gasteiger partial charge in [0.25, 0.3) is 11.8 Å². The third kappa shape index (κ3) is 4.90. The molecule has 2 heterocycles. The summed E-state index contributed by atoms with van der Waals surface area (Å²) in [5.41, 5.74) is 7.77. The van der Waals surface area contributed by atoms with Crippen LogP contribution in [0.2, 0.25) is 0 Å². The molecular formula is C28H24F3N5O3. The topological polar surface area (TPSA) is 108 Å². The molecule has 200 valence electrons. The van der Waals surface area contributed by atoms with E-state index < -0.39 is 23.8 Å². The van der Waals surface area contributed by atoms with E-state index in [0.717, 1.165) is 22.6 Å². The van der Waals surface area contributed by atoms with Gasteiger partial charge in [0.2, 0.25) is 0 Å². The Bertz CT molecular complexity index is 1480. The van der Waals surface area contributed by atoms with Crippen LogP contribution in [0.1, 0.15) is 33.1 Å². The average molecular weight is 536 g/mol. The highest BCUT2D eigenvalue weighted by molar-refractivity contribution is 6.07. The molecule has 0 aromatic heterocycles. The van der Waals surface area contributed by atoms with Gasteiger partial charge in [0, 0.05) is 24.8 Å². The number of nitrogen functional groups attached to an aromatic ring is 1. The van der Waals surface area contributed by atoms with E-state index in [-0.39, 0.29) is 36.2 Å². The molecule has 1 atom stereocenters. The second kappa shape index (κ2) is 9.82. The van der Waals surface area contributed by atoms with Gasteiger partial charge in [0.1, 0.15) is 0 Å². The number of nitrogens with two attached hydrogens (primary N) is 1. The Morgan fingerprint density at radius 2 is 1.74 bits per heavy atom. The lowest BCUT2D eigenvalue weighted by Crippen LogP contribution is -2.47. The van der Waals surface area contributed by atoms with Crippen LogP contribution in [0, 0.1) is 0 Å². The minimum absolute atomic E-state index is 0.000498. The summed E-state index contributed by atoms with van der Waals surface area (Å²) >= 11 is 0. The van der Waals surface area contributed by atoms with Crippen molar-refractivity contribution in [2.75, 3.05) is 24.2 Å². The van der Waals surface area contributed by atoms with Gasteiger partial charge in [0.15, 0.2) is 0 Å². The summed E-state index contributed by atoms with van der Waals surface area (Å²) in [5.74, 6) is -0.609. The number of rotatable bonds is 5. The number of amides is 4. The van der Waals surface area contributed by atoms with E-state index in [9.17, 15) is 27.6 Å². The number of halogens is 3. The van der Waals surface area contributed by atoms with Crippen LogP contribution >= 0.6 is 0 Å². The summed E-state index contributed by atoms with van der Waals surface area (Å²) in [6.07, 6.45) is -4.61. The van der Waals surface area contributed by atoms with Crippen molar-refractivity contribution >= 4 is 29.2 Å². The molecule has 0 aliphatic carbocycles. The van der Waals surface area contributed by atoms with Crippen LogP contribution in [0.25, 0.3) is 0 Å². The number of anilines is 2. The van der Waals surface area contributed by atoms with E-state index in [1.165, 1.54) is 24.1 Å². The van der Waals surface area contributed by atoms with Crippen molar-refractivity contribution in [2.45, 2.75) is 18.8 Å². The first-order chi connectivity index (χ1) is 18.6. The van der Waals surface area contributed by atoms with Crippen molar-refractivity contribution in [2.24, 2.45) is 0 Å². The highest BCUT2D eigenvalue weighted by Crippen LogP contribution is 2.40. The summed E-state index contributed by atoms with van der Waals surface area (Å²) in [6, 6.07) is 16.4. The largest absolute Gasteiger partial charge is 0.416 e. The Morgan fingerprint density at radius 1 is 1.05 bits per heavy atom. The fourth-order valence-corrected chi connectivity index (χ4v) is 4.78. The first-order valence-electron chi connectivity index (χ1n) is 12.0. The molecular weight excluding hydrogens is 511 g/mol. The maximum absolute atomic E-state index is 13.7. The van der Waals surface area contributed by atoms with Gasteiger partial charge in [-0.1, -0.05) is 30.3 Å². The number of benzene rings is 3. The van der Waals surface area contributed by atoms with E-state index in [1.807, 2.05) is 0 Å². The van der Waals surface area contributed by atoms with Gasteiger partial charge in [-0.25, -0.2) is 4.79 Å². The highest BCUT2D eigenvalue weighted by Gasteiger charge is 2.45. The second-order valence-electron chi connectivity index (χ2n) is 9.23. The lowest BCUT2D eigenvalue weighted by molar-refractivity contribution is -0.137. The monoisotopic (exact) mass is 535 g/mol. The summed E-state index contributed by atoms with van der Waals surface area (Å²) in [4.78, 5) is 41.6. The van der Waals surface area contributed by atoms with Gasteiger partial charge in [-0.15, -0.1) is 0 Å². The van der Waals surface area contributed by atoms with E-state index in [2.05, 4.69) is 10.6 Å². The molecule has 8 nitrogen and oxygen atoms in total. The van der Waals surface area contributed by atoms with E-state index in [1.54, 1.807) is 48.5 Å². The maximum Gasteiger partial charge on any atom is 0.416 e. The van der Waals surface area contributed by atoms with Crippen LogP contribution in [0.15, 0.2) is 84.1 Å². The Kier molecular flexibility index (Phi) is 6.51. The third-order valence-corrected chi connectivity index (χ3v) is 6.72. The molecule has 0 saturated carbocycles. The van der Waals surface area contributed by atoms with Crippen LogP contribution in [0.5, 0.6) is 0 Å². The van der Waals surface area contributed by atoms with Gasteiger partial charge < -0.3 is 21.3 Å². The summed E-state index contributed by atoms with van der Waals surface area (Å²) in [6.45, 7) is 0.166. The van der Waals surface area contributed by atoms with Gasteiger partial charge in [-0.3, -0.25) is 14.5 Å². The third-order valence-electron chi connectivity index (χ3n) is 6.72. The molecule has 39 heavy (non-hydrogen) atoms. The zero-order valence-corrected chi connectivity index (χ0v) is 20.8. The van der Waals surface area contributed by atoms with Crippen molar-refractivity contribution in [3.63, 3.8) is 0 Å². The first kappa shape index (κ1) is 25.8. The summed E-state index contributed by atoms with van der Waals surface area (Å²) < 4.78 is 40.4. The standard InChI is InChI=1S/C28H24F3N5O3/c1-33-25(37)18-7-5-16(6-8-18)14-35-15-22-23(26(35)38)24(17-9-11-20(32)12-10-17)34-27(39)36(22)21-4-2-3-19(13-21)28(29,30)31/h2-13,24H,14-15,32H2,1H3,(H,33,37)(H,34,39). The quantitative estimate of drug-likeness (QED) is 0.426. The number of alkyl halides is 3. The van der Waals surface area contributed by atoms with Crippen LogP contribution in [-0.2, 0) is 17.5 Å². The van der Waals surface area contributed by atoms with Gasteiger partial charge in [-0.05, 0) is 53.6 Å². The molecule has 1 unspecified atom stereocenters. The van der Waals surface area contributed by atoms with Crippen LogP contribution in [0.4, 0.5) is 29.3 Å². The number of hydrogen-bond acceptors (Lipinski definition) is 4. The number of carbonyl (C=O) groups excluding carboxylic acids is 3. The zero-order chi connectivity index (χ0) is 27.9. The molecule has 5 rings (SSSR count). The van der Waals surface area contributed by atoms with Crippen molar-refractivity contribution in [1.82, 2.24) is 15.5 Å². The number of carbonyl (C=O) groups is 3. The Morgan fingerprint density at radius 3 is 2.38 bits per heavy atom. The molecule has 3 aromatic rings. The van der Waals surface area contributed by atoms with Crippen molar-refractivity contribution in [3.8, 4) is 0 Å². The Balaban J connectivity index is 1.53. The maximum atomic E-state index is 13.7. The lowest BCUT2D eigenvalue weighted by atomic mass is 9.95. The molecule has 2 aliphatic rings. The smallest absolute Gasteiger partial charge is 0.399 e. The van der Waals surface area contributed by atoms with Gasteiger partial charge in [0.05, 0.1) is 35.1 Å². The molecule has 2 aliphatic heterocycles. The number of hydrogen-bond donors (Lipinski definition) is 3. The Labute approximate surface area is 221 Å². The molecule has 4 N–H and O–H groups in total. The number of nitrogens with zero attached hydrogens (tertiary/aromatic N) is 2. The molecule has 0 radical (unpaired) electrons. The van der Waals surface area contributed by atoms with E-state index in [0.29, 0.717) is 22.5 Å². The predicted molar refractivity (Wildman–Crippen MR) is 138 cm³/mol. The van der Waals surface area contributed by atoms with Crippen LogP contribution < -0.4 is 21.3 Å². The molecule has 0 saturated heterocycles. The highest BCUT2D eigenvalue weighted by atomic mass is 19.4. The van der Waals surface area contributed by atoms with E-state index >= 15 is 0 Å². The minimum Gasteiger partial charge on any atom is -0.399 e. The second-order valence-corrected chi connectivity index (χ2v) is 9.23. The normalized spacial score (nSPS) is 17.3. The Hall–Kier alpha value is -4.80. The van der Waals surface area contributed by atoms with Gasteiger partial charge in [-0.2, -0.15) is 13.2 Å². The molecule has 4 amide bonds. The SMILES string of the molecule is CNC(=O)c1ccc(CN2CC3=C(C2=O)C(c2ccc(N)cc2)NC(=O)N3c2cccc(C(F)(F)F)c2)cc1. The van der Waals surface area contributed by atoms with E-state index in [4.69, 9.17) is 5.73 Å². The fraction of sp³-hybridized carbons (Fsp3) is 0.179. The van der Waals surface area contributed by atoms with Crippen molar-refractivity contribution < 1.29 is 27.6 Å². The number of nitrogens with one attached hydrogen (secondary N) is 2. The molecule has 0 spiro atoms. The molecule has 11 heteroatoms. The summed E-state index contributed by atoms with van der Waals surface area (Å²) in [7, 11) is 1.53. The average Bonchev–Trinajstić information content (AvgIpc) is 3.23. The minimum atomic E-state index is -4.61. The first-order valence-corrected chi connectivity index (χ1v) is 12.0. The fourth-order valence-electron chi connectivity index (χ4n) is 4.78. The van der Waals surface area contributed by atoms with Crippen molar-refractivity contribution in [3.05, 3.63) is 106 Å². The molecule has 0 bridgehead atoms. The van der Waals surface area contributed by atoms with Crippen molar-refractivity contribution in [1.29, 1.82) is 0 Å². The van der Waals surface area contributed by atoms with Crippen LogP contribution in [0.3, 0.4) is 0 Å². The number of urea groups is 1. The zero-order valence-electron chi connectivity index (χ0n) is 20.8. The molecule has 0 fully saturated rings. The molecule has 3 aromatic carbocycles. The lowest BCUT2D eigenvalue weighted by Gasteiger charge is -2.34. The van der Waals surface area contributed by atoms with Crippen LogP contribution in [-0.4, -0.2) is 36.3 Å². The summed E-state index contributed by atoms with van der Waals surface area (Å²) in [5, 5.41) is 5.33. The van der Waals surface area contributed by atoms with Gasteiger partial charge >= 0.3 is 12.2 Å².